The van der Waals surface area contributed by atoms with Crippen molar-refractivity contribution in [2.75, 3.05) is 0 Å². The van der Waals surface area contributed by atoms with Crippen LogP contribution in [0, 0.1) is 0 Å². The Morgan fingerprint density at radius 1 is 1.20 bits per heavy atom. The highest BCUT2D eigenvalue weighted by Crippen LogP contribution is 1.93. The van der Waals surface area contributed by atoms with Crippen molar-refractivity contribution in [3.63, 3.8) is 0 Å². The molecule has 0 amide bonds. The van der Waals surface area contributed by atoms with Crippen LogP contribution in [0.4, 0.5) is 0 Å². The summed E-state index contributed by atoms with van der Waals surface area (Å²) < 4.78 is 1.47. The third-order valence-electron chi connectivity index (χ3n) is 1.81. The fourth-order valence-electron chi connectivity index (χ4n) is 1.11. The summed E-state index contributed by atoms with van der Waals surface area (Å²) in [5.74, 6) is -0.306. The molecule has 0 aromatic carbocycles. The van der Waals surface area contributed by atoms with Crippen molar-refractivity contribution in [1.29, 1.82) is 0 Å². The summed E-state index contributed by atoms with van der Waals surface area (Å²) in [4.78, 5) is 3.86. The number of hydrogen-bond donors (Lipinski definition) is 0. The SMILES string of the molecule is [O-]/C(=N\[n+]1ccccc1)c1cccnc1. The average Bonchev–Trinajstić information content (AvgIpc) is 2.31. The quantitative estimate of drug-likeness (QED) is 0.386. The minimum absolute atomic E-state index is 0.306. The molecule has 4 nitrogen and oxygen atoms in total. The molecule has 0 fully saturated rings. The van der Waals surface area contributed by atoms with Crippen molar-refractivity contribution in [1.82, 2.24) is 4.98 Å². The van der Waals surface area contributed by atoms with E-state index in [9.17, 15) is 5.11 Å². The van der Waals surface area contributed by atoms with Gasteiger partial charge < -0.3 is 5.11 Å². The van der Waals surface area contributed by atoms with Crippen LogP contribution >= 0.6 is 0 Å². The Bertz CT molecular complexity index is 454. The molecule has 0 aliphatic carbocycles. The fourth-order valence-corrected chi connectivity index (χ4v) is 1.11. The molecule has 0 atom stereocenters. The zero-order chi connectivity index (χ0) is 10.5. The van der Waals surface area contributed by atoms with Crippen LogP contribution in [0.2, 0.25) is 0 Å². The van der Waals surface area contributed by atoms with Crippen LogP contribution < -0.4 is 9.78 Å². The standard InChI is InChI=1S/C11H9N3O/c15-11(10-5-4-6-12-9-10)13-14-7-2-1-3-8-14/h1-9H. The van der Waals surface area contributed by atoms with E-state index in [-0.39, 0.29) is 5.90 Å². The molecule has 0 bridgehead atoms. The number of pyridine rings is 2. The van der Waals surface area contributed by atoms with E-state index in [4.69, 9.17) is 0 Å². The molecule has 0 aliphatic rings. The Hall–Kier alpha value is -2.23. The smallest absolute Gasteiger partial charge is 0.202 e. The first kappa shape index (κ1) is 9.33. The predicted octanol–water partition coefficient (Wildman–Crippen LogP) is -0.0607. The van der Waals surface area contributed by atoms with Crippen molar-refractivity contribution < 1.29 is 9.78 Å². The van der Waals surface area contributed by atoms with E-state index in [1.807, 2.05) is 6.07 Å². The van der Waals surface area contributed by atoms with Crippen LogP contribution in [0.1, 0.15) is 5.56 Å². The second-order valence-electron chi connectivity index (χ2n) is 2.90. The third-order valence-corrected chi connectivity index (χ3v) is 1.81. The lowest BCUT2D eigenvalue weighted by Crippen LogP contribution is -2.33. The molecule has 0 saturated carbocycles. The first-order valence-electron chi connectivity index (χ1n) is 4.49. The van der Waals surface area contributed by atoms with Crippen molar-refractivity contribution in [3.8, 4) is 0 Å². The molecular weight excluding hydrogens is 190 g/mol. The minimum Gasteiger partial charge on any atom is -0.854 e. The Kier molecular flexibility index (Phi) is 2.69. The van der Waals surface area contributed by atoms with Crippen molar-refractivity contribution >= 4 is 5.90 Å². The molecule has 0 unspecified atom stereocenters. The summed E-state index contributed by atoms with van der Waals surface area (Å²) in [7, 11) is 0. The highest BCUT2D eigenvalue weighted by atomic mass is 16.3. The Labute approximate surface area is 87.2 Å². The van der Waals surface area contributed by atoms with Crippen LogP contribution in [0.15, 0.2) is 60.2 Å². The zero-order valence-electron chi connectivity index (χ0n) is 7.95. The van der Waals surface area contributed by atoms with Crippen molar-refractivity contribution in [2.24, 2.45) is 5.10 Å². The van der Waals surface area contributed by atoms with Gasteiger partial charge in [-0.25, -0.2) is 0 Å². The summed E-state index contributed by atoms with van der Waals surface area (Å²) in [6.07, 6.45) is 6.52. The van der Waals surface area contributed by atoms with Gasteiger partial charge in [0.15, 0.2) is 0 Å². The van der Waals surface area contributed by atoms with Crippen LogP contribution in [-0.4, -0.2) is 10.9 Å². The van der Waals surface area contributed by atoms with E-state index >= 15 is 0 Å². The van der Waals surface area contributed by atoms with Gasteiger partial charge in [0.1, 0.15) is 0 Å². The van der Waals surface area contributed by atoms with E-state index in [0.717, 1.165) is 0 Å². The number of aromatic nitrogens is 2. The molecule has 0 radical (unpaired) electrons. The Morgan fingerprint density at radius 3 is 2.67 bits per heavy atom. The molecule has 0 aliphatic heterocycles. The summed E-state index contributed by atoms with van der Waals surface area (Å²) in [6.45, 7) is 0. The van der Waals surface area contributed by atoms with Crippen LogP contribution in [0.25, 0.3) is 0 Å². The second kappa shape index (κ2) is 4.32. The Morgan fingerprint density at radius 2 is 2.00 bits per heavy atom. The number of rotatable bonds is 2. The molecule has 74 valence electrons. The maximum absolute atomic E-state index is 11.6. The van der Waals surface area contributed by atoms with Gasteiger partial charge in [0, 0.05) is 30.1 Å². The monoisotopic (exact) mass is 199 g/mol. The molecule has 0 N–H and O–H groups in total. The Balaban J connectivity index is 2.29. The minimum atomic E-state index is -0.306. The van der Waals surface area contributed by atoms with E-state index in [0.29, 0.717) is 5.56 Å². The van der Waals surface area contributed by atoms with E-state index in [2.05, 4.69) is 10.1 Å². The zero-order valence-corrected chi connectivity index (χ0v) is 7.95. The summed E-state index contributed by atoms with van der Waals surface area (Å²) >= 11 is 0. The van der Waals surface area contributed by atoms with Crippen LogP contribution in [0.5, 0.6) is 0 Å². The molecule has 4 heteroatoms. The van der Waals surface area contributed by atoms with Gasteiger partial charge in [-0.05, 0) is 11.2 Å². The first-order chi connectivity index (χ1) is 7.36. The maximum atomic E-state index is 11.6. The topological polar surface area (TPSA) is 52.2 Å². The molecule has 2 rings (SSSR count). The van der Waals surface area contributed by atoms with Gasteiger partial charge in [-0.3, -0.25) is 4.98 Å². The first-order valence-corrected chi connectivity index (χ1v) is 4.49. The lowest BCUT2D eigenvalue weighted by molar-refractivity contribution is -0.681. The summed E-state index contributed by atoms with van der Waals surface area (Å²) in [5.41, 5.74) is 0.480. The van der Waals surface area contributed by atoms with E-state index in [1.54, 1.807) is 42.9 Å². The largest absolute Gasteiger partial charge is 0.854 e. The van der Waals surface area contributed by atoms with Gasteiger partial charge in [-0.2, -0.15) is 0 Å². The molecule has 0 saturated heterocycles. The molecule has 2 heterocycles. The van der Waals surface area contributed by atoms with Crippen LogP contribution in [0.3, 0.4) is 0 Å². The van der Waals surface area contributed by atoms with Crippen LogP contribution in [-0.2, 0) is 0 Å². The highest BCUT2D eigenvalue weighted by Gasteiger charge is 1.96. The second-order valence-corrected chi connectivity index (χ2v) is 2.90. The summed E-state index contributed by atoms with van der Waals surface area (Å²) in [5, 5.41) is 15.5. The summed E-state index contributed by atoms with van der Waals surface area (Å²) in [6, 6.07) is 8.86. The van der Waals surface area contributed by atoms with Gasteiger partial charge in [0.05, 0.1) is 5.90 Å². The van der Waals surface area contributed by atoms with Crippen molar-refractivity contribution in [2.45, 2.75) is 0 Å². The molecular formula is C11H9N3O. The molecule has 15 heavy (non-hydrogen) atoms. The van der Waals surface area contributed by atoms with Gasteiger partial charge in [0.2, 0.25) is 12.4 Å². The molecule has 2 aromatic heterocycles. The van der Waals surface area contributed by atoms with Gasteiger partial charge in [-0.15, -0.1) is 0 Å². The van der Waals surface area contributed by atoms with E-state index < -0.39 is 0 Å². The van der Waals surface area contributed by atoms with Gasteiger partial charge in [-0.1, -0.05) is 16.8 Å². The number of hydrogen-bond acceptors (Lipinski definition) is 3. The highest BCUT2D eigenvalue weighted by molar-refractivity contribution is 5.89. The van der Waals surface area contributed by atoms with E-state index in [1.165, 1.54) is 10.9 Å². The normalized spacial score (nSPS) is 11.3. The molecule has 0 spiro atoms. The fraction of sp³-hybridized carbons (Fsp3) is 0. The predicted molar refractivity (Wildman–Crippen MR) is 52.8 cm³/mol. The van der Waals surface area contributed by atoms with Gasteiger partial charge in [0.25, 0.3) is 0 Å². The molecule has 2 aromatic rings. The van der Waals surface area contributed by atoms with Crippen molar-refractivity contribution in [3.05, 3.63) is 60.7 Å². The third kappa shape index (κ3) is 2.37. The average molecular weight is 199 g/mol. The number of nitrogens with zero attached hydrogens (tertiary/aromatic N) is 3. The van der Waals surface area contributed by atoms with Gasteiger partial charge >= 0.3 is 0 Å². The lowest BCUT2D eigenvalue weighted by atomic mass is 10.3. The lowest BCUT2D eigenvalue weighted by Gasteiger charge is -2.04. The maximum Gasteiger partial charge on any atom is 0.202 e.